The number of hydrogen-bond acceptors (Lipinski definition) is 3. The molecule has 122 valence electrons. The Labute approximate surface area is 128 Å². The first-order chi connectivity index (χ1) is 10.1. The van der Waals surface area contributed by atoms with E-state index in [0.29, 0.717) is 13.1 Å². The summed E-state index contributed by atoms with van der Waals surface area (Å²) >= 11 is 0. The zero-order valence-electron chi connectivity index (χ0n) is 13.8. The fraction of sp³-hybridized carbons (Fsp3) is 0.875. The molecule has 0 aromatic carbocycles. The lowest BCUT2D eigenvalue weighted by Gasteiger charge is -2.32. The maximum absolute atomic E-state index is 12.2. The summed E-state index contributed by atoms with van der Waals surface area (Å²) in [5, 5.41) is 5.98. The summed E-state index contributed by atoms with van der Waals surface area (Å²) in [6.07, 6.45) is 4.96. The Kier molecular flexibility index (Phi) is 8.35. The summed E-state index contributed by atoms with van der Waals surface area (Å²) < 4.78 is 0. The van der Waals surface area contributed by atoms with E-state index in [4.69, 9.17) is 0 Å². The van der Waals surface area contributed by atoms with Crippen LogP contribution in [0.1, 0.15) is 52.9 Å². The lowest BCUT2D eigenvalue weighted by atomic mass is 9.96. The predicted molar refractivity (Wildman–Crippen MR) is 85.0 cm³/mol. The van der Waals surface area contributed by atoms with E-state index in [1.54, 1.807) is 0 Å². The van der Waals surface area contributed by atoms with Gasteiger partial charge in [-0.05, 0) is 39.2 Å². The normalized spacial score (nSPS) is 20.8. The van der Waals surface area contributed by atoms with Crippen molar-refractivity contribution < 1.29 is 9.59 Å². The van der Waals surface area contributed by atoms with Crippen molar-refractivity contribution in [3.63, 3.8) is 0 Å². The number of rotatable bonds is 8. The van der Waals surface area contributed by atoms with E-state index in [1.165, 1.54) is 0 Å². The van der Waals surface area contributed by atoms with Crippen molar-refractivity contribution in [2.24, 2.45) is 5.92 Å². The number of nitrogens with zero attached hydrogens (tertiary/aromatic N) is 1. The monoisotopic (exact) mass is 297 g/mol. The third-order valence-corrected chi connectivity index (χ3v) is 3.93. The topological polar surface area (TPSA) is 61.4 Å². The first kappa shape index (κ1) is 18.0. The molecule has 0 unspecified atom stereocenters. The summed E-state index contributed by atoms with van der Waals surface area (Å²) in [4.78, 5) is 26.1. The molecule has 2 atom stereocenters. The Morgan fingerprint density at radius 1 is 1.29 bits per heavy atom. The van der Waals surface area contributed by atoms with Crippen LogP contribution >= 0.6 is 0 Å². The lowest BCUT2D eigenvalue weighted by Crippen LogP contribution is -2.47. The van der Waals surface area contributed by atoms with Crippen molar-refractivity contribution >= 4 is 11.8 Å². The summed E-state index contributed by atoms with van der Waals surface area (Å²) in [7, 11) is 0. The Hall–Kier alpha value is -1.10. The second-order valence-electron chi connectivity index (χ2n) is 6.12. The zero-order valence-corrected chi connectivity index (χ0v) is 13.8. The minimum Gasteiger partial charge on any atom is -0.355 e. The van der Waals surface area contributed by atoms with E-state index in [0.717, 1.165) is 45.2 Å². The maximum atomic E-state index is 12.2. The van der Waals surface area contributed by atoms with E-state index in [9.17, 15) is 9.59 Å². The van der Waals surface area contributed by atoms with E-state index >= 15 is 0 Å². The molecule has 2 amide bonds. The van der Waals surface area contributed by atoms with E-state index in [-0.39, 0.29) is 23.8 Å². The van der Waals surface area contributed by atoms with Crippen molar-refractivity contribution in [3.05, 3.63) is 0 Å². The molecule has 0 saturated carbocycles. The van der Waals surface area contributed by atoms with Crippen molar-refractivity contribution in [2.45, 2.75) is 58.9 Å². The molecule has 2 N–H and O–H groups in total. The van der Waals surface area contributed by atoms with Crippen molar-refractivity contribution in [1.29, 1.82) is 0 Å². The first-order valence-electron chi connectivity index (χ1n) is 8.36. The van der Waals surface area contributed by atoms with Gasteiger partial charge in [-0.15, -0.1) is 0 Å². The smallest absolute Gasteiger partial charge is 0.234 e. The highest BCUT2D eigenvalue weighted by atomic mass is 16.2. The SMILES string of the molecule is CCCNC(=O)CN1CCC[C@@H](C(=O)N[C@H](C)CCC)C1. The quantitative estimate of drug-likeness (QED) is 0.714. The van der Waals surface area contributed by atoms with Gasteiger partial charge in [0.15, 0.2) is 0 Å². The van der Waals surface area contributed by atoms with Crippen LogP contribution in [0.2, 0.25) is 0 Å². The van der Waals surface area contributed by atoms with Crippen LogP contribution < -0.4 is 10.6 Å². The van der Waals surface area contributed by atoms with Crippen LogP contribution in [0.15, 0.2) is 0 Å². The number of amides is 2. The van der Waals surface area contributed by atoms with E-state index in [2.05, 4.69) is 29.4 Å². The van der Waals surface area contributed by atoms with E-state index < -0.39 is 0 Å². The minimum atomic E-state index is 0.0250. The highest BCUT2D eigenvalue weighted by Crippen LogP contribution is 2.16. The van der Waals surface area contributed by atoms with Crippen LogP contribution in [0.4, 0.5) is 0 Å². The fourth-order valence-corrected chi connectivity index (χ4v) is 2.80. The van der Waals surface area contributed by atoms with Crippen LogP contribution in [0, 0.1) is 5.92 Å². The average Bonchev–Trinajstić information content (AvgIpc) is 2.45. The molecule has 21 heavy (non-hydrogen) atoms. The average molecular weight is 297 g/mol. The molecule has 0 aliphatic carbocycles. The molecule has 1 saturated heterocycles. The number of carbonyl (C=O) groups excluding carboxylic acids is 2. The minimum absolute atomic E-state index is 0.0250. The van der Waals surface area contributed by atoms with Crippen LogP contribution in [0.25, 0.3) is 0 Å². The molecule has 5 heteroatoms. The molecule has 1 aliphatic heterocycles. The standard InChI is InChI=1S/C16H31N3O2/c1-4-7-13(3)18-16(21)14-8-6-10-19(11-14)12-15(20)17-9-5-2/h13-14H,4-12H2,1-3H3,(H,17,20)(H,18,21)/t13-,14-/m1/s1. The van der Waals surface area contributed by atoms with Gasteiger partial charge in [-0.3, -0.25) is 14.5 Å². The summed E-state index contributed by atoms with van der Waals surface area (Å²) in [5.74, 6) is 0.240. The lowest BCUT2D eigenvalue weighted by molar-refractivity contribution is -0.129. The molecule has 0 bridgehead atoms. The molecule has 1 heterocycles. The van der Waals surface area contributed by atoms with Crippen LogP contribution in [-0.2, 0) is 9.59 Å². The Morgan fingerprint density at radius 3 is 2.71 bits per heavy atom. The Morgan fingerprint density at radius 2 is 2.05 bits per heavy atom. The Balaban J connectivity index is 2.37. The number of likely N-dealkylation sites (tertiary alicyclic amines) is 1. The van der Waals surface area contributed by atoms with Crippen LogP contribution in [0.5, 0.6) is 0 Å². The zero-order chi connectivity index (χ0) is 15.7. The third kappa shape index (κ3) is 6.93. The highest BCUT2D eigenvalue weighted by molar-refractivity contribution is 5.80. The maximum Gasteiger partial charge on any atom is 0.234 e. The number of piperidine rings is 1. The summed E-state index contributed by atoms with van der Waals surface area (Å²) in [6, 6.07) is 0.241. The Bertz CT molecular complexity index is 333. The van der Waals surface area contributed by atoms with Gasteiger partial charge in [0, 0.05) is 19.1 Å². The molecule has 0 radical (unpaired) electrons. The van der Waals surface area contributed by atoms with Gasteiger partial charge in [0.05, 0.1) is 12.5 Å². The molecule has 1 rings (SSSR count). The second kappa shape index (κ2) is 9.77. The second-order valence-corrected chi connectivity index (χ2v) is 6.12. The molecule has 0 aromatic heterocycles. The van der Waals surface area contributed by atoms with Crippen molar-refractivity contribution in [3.8, 4) is 0 Å². The fourth-order valence-electron chi connectivity index (χ4n) is 2.80. The van der Waals surface area contributed by atoms with Gasteiger partial charge >= 0.3 is 0 Å². The largest absolute Gasteiger partial charge is 0.355 e. The van der Waals surface area contributed by atoms with Gasteiger partial charge in [-0.25, -0.2) is 0 Å². The molecular formula is C16H31N3O2. The molecular weight excluding hydrogens is 266 g/mol. The van der Waals surface area contributed by atoms with Crippen LogP contribution in [-0.4, -0.2) is 48.9 Å². The molecule has 0 aromatic rings. The van der Waals surface area contributed by atoms with E-state index in [1.807, 2.05) is 6.92 Å². The van der Waals surface area contributed by atoms with Gasteiger partial charge < -0.3 is 10.6 Å². The number of hydrogen-bond donors (Lipinski definition) is 2. The van der Waals surface area contributed by atoms with Crippen molar-refractivity contribution in [2.75, 3.05) is 26.2 Å². The van der Waals surface area contributed by atoms with Gasteiger partial charge in [-0.2, -0.15) is 0 Å². The number of nitrogens with one attached hydrogen (secondary N) is 2. The molecule has 0 spiro atoms. The highest BCUT2D eigenvalue weighted by Gasteiger charge is 2.27. The number of carbonyl (C=O) groups is 2. The van der Waals surface area contributed by atoms with Crippen LogP contribution in [0.3, 0.4) is 0 Å². The predicted octanol–water partition coefficient (Wildman–Crippen LogP) is 1.53. The van der Waals surface area contributed by atoms with Gasteiger partial charge in [0.1, 0.15) is 0 Å². The molecule has 1 fully saturated rings. The van der Waals surface area contributed by atoms with Crippen molar-refractivity contribution in [1.82, 2.24) is 15.5 Å². The molecule has 1 aliphatic rings. The molecule has 5 nitrogen and oxygen atoms in total. The summed E-state index contributed by atoms with van der Waals surface area (Å²) in [6.45, 7) is 8.97. The van der Waals surface area contributed by atoms with Gasteiger partial charge in [-0.1, -0.05) is 20.3 Å². The third-order valence-electron chi connectivity index (χ3n) is 3.93. The van der Waals surface area contributed by atoms with Gasteiger partial charge in [0.2, 0.25) is 11.8 Å². The summed E-state index contributed by atoms with van der Waals surface area (Å²) in [5.41, 5.74) is 0. The van der Waals surface area contributed by atoms with Gasteiger partial charge in [0.25, 0.3) is 0 Å². The first-order valence-corrected chi connectivity index (χ1v) is 8.36.